The molecule has 1 aromatic carbocycles. The summed E-state index contributed by atoms with van der Waals surface area (Å²) in [4.78, 5) is 30.8. The average Bonchev–Trinajstić information content (AvgIpc) is 3.22. The summed E-state index contributed by atoms with van der Waals surface area (Å²) in [5, 5.41) is 0. The van der Waals surface area contributed by atoms with Crippen LogP contribution in [0, 0.1) is 12.3 Å². The third kappa shape index (κ3) is 4.18. The molecule has 3 fully saturated rings. The lowest BCUT2D eigenvalue weighted by Gasteiger charge is -2.40. The Morgan fingerprint density at radius 1 is 1.11 bits per heavy atom. The number of hydrogen-bond donors (Lipinski definition) is 0. The van der Waals surface area contributed by atoms with E-state index in [2.05, 4.69) is 36.1 Å². The van der Waals surface area contributed by atoms with Crippen LogP contribution >= 0.6 is 0 Å². The summed E-state index contributed by atoms with van der Waals surface area (Å²) in [7, 11) is 0. The van der Waals surface area contributed by atoms with E-state index < -0.39 is 0 Å². The van der Waals surface area contributed by atoms with E-state index in [0.29, 0.717) is 6.42 Å². The molecule has 0 N–H and O–H groups in total. The van der Waals surface area contributed by atoms with E-state index in [-0.39, 0.29) is 23.8 Å². The van der Waals surface area contributed by atoms with Crippen molar-refractivity contribution in [3.8, 4) is 0 Å². The normalized spacial score (nSPS) is 26.3. The molecule has 0 unspecified atom stereocenters. The molecule has 5 nitrogen and oxygen atoms in total. The van der Waals surface area contributed by atoms with Gasteiger partial charge in [-0.15, -0.1) is 0 Å². The molecule has 3 aliphatic heterocycles. The number of likely N-dealkylation sites (tertiary alicyclic amines) is 3. The van der Waals surface area contributed by atoms with Crippen molar-refractivity contribution >= 4 is 11.8 Å². The third-order valence-electron chi connectivity index (χ3n) is 6.52. The molecule has 1 aromatic rings. The molecule has 0 aromatic heterocycles. The molecule has 2 amide bonds. The Morgan fingerprint density at radius 2 is 2.00 bits per heavy atom. The first-order valence-electron chi connectivity index (χ1n) is 10.4. The molecule has 0 aliphatic carbocycles. The molecule has 146 valence electrons. The maximum atomic E-state index is 12.7. The number of benzene rings is 1. The molecule has 4 rings (SSSR count). The van der Waals surface area contributed by atoms with Gasteiger partial charge in [0.25, 0.3) is 0 Å². The van der Waals surface area contributed by atoms with Gasteiger partial charge in [0.2, 0.25) is 11.8 Å². The van der Waals surface area contributed by atoms with E-state index in [1.165, 1.54) is 24.0 Å². The lowest BCUT2D eigenvalue weighted by molar-refractivity contribution is -0.138. The van der Waals surface area contributed by atoms with Gasteiger partial charge in [-0.25, -0.2) is 0 Å². The van der Waals surface area contributed by atoms with Gasteiger partial charge in [0.1, 0.15) is 0 Å². The molecule has 0 radical (unpaired) electrons. The zero-order valence-electron chi connectivity index (χ0n) is 16.5. The zero-order chi connectivity index (χ0) is 18.9. The van der Waals surface area contributed by atoms with Crippen molar-refractivity contribution in [1.82, 2.24) is 14.7 Å². The number of aryl methyl sites for hydroxylation is 1. The van der Waals surface area contributed by atoms with Crippen molar-refractivity contribution in [2.45, 2.75) is 45.6 Å². The van der Waals surface area contributed by atoms with Crippen molar-refractivity contribution in [2.75, 3.05) is 39.3 Å². The lowest BCUT2D eigenvalue weighted by atomic mass is 9.79. The van der Waals surface area contributed by atoms with Crippen molar-refractivity contribution in [3.05, 3.63) is 35.4 Å². The highest BCUT2D eigenvalue weighted by Crippen LogP contribution is 2.39. The summed E-state index contributed by atoms with van der Waals surface area (Å²) in [5.41, 5.74) is 2.94. The molecule has 1 spiro atoms. The Morgan fingerprint density at radius 3 is 2.78 bits per heavy atom. The van der Waals surface area contributed by atoms with Gasteiger partial charge >= 0.3 is 0 Å². The van der Waals surface area contributed by atoms with Crippen LogP contribution in [0.25, 0.3) is 0 Å². The smallest absolute Gasteiger partial charge is 0.242 e. The van der Waals surface area contributed by atoms with E-state index >= 15 is 0 Å². The van der Waals surface area contributed by atoms with Gasteiger partial charge in [-0.3, -0.25) is 14.5 Å². The third-order valence-corrected chi connectivity index (χ3v) is 6.52. The summed E-state index contributed by atoms with van der Waals surface area (Å²) in [6.45, 7) is 8.10. The van der Waals surface area contributed by atoms with Crippen molar-refractivity contribution in [2.24, 2.45) is 5.41 Å². The lowest BCUT2D eigenvalue weighted by Crippen LogP contribution is -2.46. The quantitative estimate of drug-likeness (QED) is 0.819. The molecule has 3 aliphatic rings. The van der Waals surface area contributed by atoms with Crippen molar-refractivity contribution in [1.29, 1.82) is 0 Å². The highest BCUT2D eigenvalue weighted by molar-refractivity contribution is 5.86. The number of amides is 2. The molecule has 5 heteroatoms. The van der Waals surface area contributed by atoms with Gasteiger partial charge in [0.15, 0.2) is 0 Å². The van der Waals surface area contributed by atoms with Gasteiger partial charge in [-0.1, -0.05) is 29.8 Å². The molecule has 3 heterocycles. The predicted molar refractivity (Wildman–Crippen MR) is 105 cm³/mol. The SMILES string of the molecule is Cc1cccc(CN2CCC[C@]3(CCN(C(=O)CN4CCCC4=O)C3)C2)c1. The molecule has 3 saturated heterocycles. The number of carbonyl (C=O) groups excluding carboxylic acids is 2. The van der Waals surface area contributed by atoms with Crippen molar-refractivity contribution in [3.63, 3.8) is 0 Å². The molecule has 0 saturated carbocycles. The van der Waals surface area contributed by atoms with Gasteiger partial charge in [0, 0.05) is 44.6 Å². The summed E-state index contributed by atoms with van der Waals surface area (Å²) >= 11 is 0. The topological polar surface area (TPSA) is 43.9 Å². The summed E-state index contributed by atoms with van der Waals surface area (Å²) in [6.07, 6.45) is 5.01. The van der Waals surface area contributed by atoms with Crippen LogP contribution in [0.4, 0.5) is 0 Å². The van der Waals surface area contributed by atoms with Gasteiger partial charge < -0.3 is 9.80 Å². The van der Waals surface area contributed by atoms with Gasteiger partial charge in [-0.05, 0) is 44.7 Å². The Kier molecular flexibility index (Phi) is 5.22. The second kappa shape index (κ2) is 7.63. The second-order valence-corrected chi connectivity index (χ2v) is 8.79. The molecule has 27 heavy (non-hydrogen) atoms. The summed E-state index contributed by atoms with van der Waals surface area (Å²) in [5.74, 6) is 0.275. The van der Waals surface area contributed by atoms with Crippen LogP contribution in [0.5, 0.6) is 0 Å². The van der Waals surface area contributed by atoms with Gasteiger partial charge in [-0.2, -0.15) is 0 Å². The number of piperidine rings is 1. The van der Waals surface area contributed by atoms with Crippen LogP contribution in [0.3, 0.4) is 0 Å². The minimum Gasteiger partial charge on any atom is -0.341 e. The highest BCUT2D eigenvalue weighted by atomic mass is 16.2. The second-order valence-electron chi connectivity index (χ2n) is 8.79. The van der Waals surface area contributed by atoms with Gasteiger partial charge in [0.05, 0.1) is 6.54 Å². The average molecular weight is 370 g/mol. The van der Waals surface area contributed by atoms with Crippen LogP contribution in [0.15, 0.2) is 24.3 Å². The van der Waals surface area contributed by atoms with E-state index in [4.69, 9.17) is 0 Å². The van der Waals surface area contributed by atoms with Crippen LogP contribution < -0.4 is 0 Å². The fraction of sp³-hybridized carbons (Fsp3) is 0.636. The molecular formula is C22H31N3O2. The van der Waals surface area contributed by atoms with Crippen LogP contribution in [0.1, 0.15) is 43.2 Å². The first kappa shape index (κ1) is 18.5. The Labute approximate surface area is 162 Å². The maximum absolute atomic E-state index is 12.7. The minimum atomic E-state index is 0.137. The standard InChI is InChI=1S/C22H31N3O2/c1-18-5-2-6-19(13-18)14-23-10-4-8-22(16-23)9-12-25(17-22)21(27)15-24-11-3-7-20(24)26/h2,5-6,13H,3-4,7-12,14-17H2,1H3/t22-/m0/s1. The number of nitrogens with zero attached hydrogens (tertiary/aromatic N) is 3. The van der Waals surface area contributed by atoms with Crippen LogP contribution in [-0.2, 0) is 16.1 Å². The van der Waals surface area contributed by atoms with E-state index in [1.807, 2.05) is 4.90 Å². The van der Waals surface area contributed by atoms with Crippen molar-refractivity contribution < 1.29 is 9.59 Å². The predicted octanol–water partition coefficient (Wildman–Crippen LogP) is 2.43. The number of carbonyl (C=O) groups is 2. The molecular weight excluding hydrogens is 338 g/mol. The summed E-state index contributed by atoms with van der Waals surface area (Å²) < 4.78 is 0. The summed E-state index contributed by atoms with van der Waals surface area (Å²) in [6, 6.07) is 8.78. The molecule has 0 bridgehead atoms. The Bertz CT molecular complexity index is 719. The number of rotatable bonds is 4. The maximum Gasteiger partial charge on any atom is 0.242 e. The first-order valence-corrected chi connectivity index (χ1v) is 10.4. The molecule has 1 atom stereocenters. The van der Waals surface area contributed by atoms with E-state index in [9.17, 15) is 9.59 Å². The largest absolute Gasteiger partial charge is 0.341 e. The first-order chi connectivity index (χ1) is 13.0. The highest BCUT2D eigenvalue weighted by Gasteiger charge is 2.43. The van der Waals surface area contributed by atoms with Crippen LogP contribution in [0.2, 0.25) is 0 Å². The van der Waals surface area contributed by atoms with Crippen LogP contribution in [-0.4, -0.2) is 65.8 Å². The Balaban J connectivity index is 1.34. The van der Waals surface area contributed by atoms with E-state index in [1.54, 1.807) is 4.90 Å². The number of hydrogen-bond acceptors (Lipinski definition) is 3. The monoisotopic (exact) mass is 369 g/mol. The Hall–Kier alpha value is -1.88. The van der Waals surface area contributed by atoms with E-state index in [0.717, 1.165) is 52.1 Å². The fourth-order valence-electron chi connectivity index (χ4n) is 5.13. The zero-order valence-corrected chi connectivity index (χ0v) is 16.5. The minimum absolute atomic E-state index is 0.137. The fourth-order valence-corrected chi connectivity index (χ4v) is 5.13.